The third-order valence-corrected chi connectivity index (χ3v) is 3.53. The number of aromatic nitrogens is 1. The van der Waals surface area contributed by atoms with Crippen molar-refractivity contribution < 1.29 is 0 Å². The second kappa shape index (κ2) is 7.10. The lowest BCUT2D eigenvalue weighted by molar-refractivity contribution is 1.19. The summed E-state index contributed by atoms with van der Waals surface area (Å²) >= 11 is 3.28. The molecule has 2 heteroatoms. The van der Waals surface area contributed by atoms with E-state index in [0.717, 1.165) is 26.8 Å². The first-order valence-electron chi connectivity index (χ1n) is 6.83. The number of hydrogen-bond donors (Lipinski definition) is 0. The maximum absolute atomic E-state index is 4.12. The molecular weight excluding hydrogens is 334 g/mol. The Bertz CT molecular complexity index is 815. The van der Waals surface area contributed by atoms with Crippen LogP contribution in [0.15, 0.2) is 103 Å². The van der Waals surface area contributed by atoms with Gasteiger partial charge < -0.3 is 4.57 Å². The summed E-state index contributed by atoms with van der Waals surface area (Å²) < 4.78 is 2.85. The highest BCUT2D eigenvalue weighted by Crippen LogP contribution is 2.20. The van der Waals surface area contributed by atoms with E-state index in [4.69, 9.17) is 0 Å². The number of allylic oxidation sites excluding steroid dienone is 8. The molecule has 110 valence electrons. The molecule has 0 saturated heterocycles. The van der Waals surface area contributed by atoms with Gasteiger partial charge in [0.05, 0.1) is 5.52 Å². The van der Waals surface area contributed by atoms with Crippen molar-refractivity contribution in [1.29, 1.82) is 0 Å². The van der Waals surface area contributed by atoms with Gasteiger partial charge in [0.2, 0.25) is 0 Å². The van der Waals surface area contributed by atoms with E-state index < -0.39 is 0 Å². The third-order valence-electron chi connectivity index (χ3n) is 3.26. The highest BCUT2D eigenvalue weighted by molar-refractivity contribution is 9.11. The van der Waals surface area contributed by atoms with Crippen LogP contribution in [0.3, 0.4) is 0 Å². The van der Waals surface area contributed by atoms with Gasteiger partial charge >= 0.3 is 0 Å². The lowest BCUT2D eigenvalue weighted by Crippen LogP contribution is -1.90. The molecule has 0 saturated carbocycles. The molecule has 0 amide bonds. The van der Waals surface area contributed by atoms with Gasteiger partial charge in [-0.3, -0.25) is 0 Å². The van der Waals surface area contributed by atoms with Gasteiger partial charge in [0.15, 0.2) is 0 Å². The fourth-order valence-electron chi connectivity index (χ4n) is 2.02. The molecule has 0 atom stereocenters. The summed E-state index contributed by atoms with van der Waals surface area (Å²) in [5.41, 5.74) is 3.69. The average molecular weight is 352 g/mol. The zero-order chi connectivity index (χ0) is 16.1. The van der Waals surface area contributed by atoms with Gasteiger partial charge in [-0.25, -0.2) is 0 Å². The molecule has 0 bridgehead atoms. The molecule has 0 unspecified atom stereocenters. The molecule has 0 aliphatic rings. The van der Waals surface area contributed by atoms with Gasteiger partial charge in [0.1, 0.15) is 0 Å². The summed E-state index contributed by atoms with van der Waals surface area (Å²) in [4.78, 5) is 0. The fraction of sp³-hybridized carbons (Fsp3) is 0. The first-order chi connectivity index (χ1) is 10.5. The van der Waals surface area contributed by atoms with E-state index in [0.29, 0.717) is 0 Å². The fourth-order valence-corrected chi connectivity index (χ4v) is 2.15. The second-order valence-corrected chi connectivity index (χ2v) is 5.92. The minimum absolute atomic E-state index is 0.800. The average Bonchev–Trinajstić information content (AvgIpc) is 2.93. The Morgan fingerprint density at radius 2 is 1.50 bits per heavy atom. The van der Waals surface area contributed by atoms with E-state index >= 15 is 0 Å². The number of fused-ring (bicyclic) bond motifs is 1. The first-order valence-corrected chi connectivity index (χ1v) is 7.62. The predicted molar refractivity (Wildman–Crippen MR) is 102 cm³/mol. The van der Waals surface area contributed by atoms with E-state index in [1.807, 2.05) is 42.6 Å². The van der Waals surface area contributed by atoms with Crippen LogP contribution in [0.4, 0.5) is 0 Å². The van der Waals surface area contributed by atoms with Crippen molar-refractivity contribution in [3.63, 3.8) is 0 Å². The van der Waals surface area contributed by atoms with Crippen molar-refractivity contribution in [3.8, 4) is 0 Å². The molecule has 2 aromatic rings. The summed E-state index contributed by atoms with van der Waals surface area (Å²) in [5, 5.41) is 1.19. The Hall–Kier alpha value is -2.32. The molecule has 0 spiro atoms. The molecule has 1 heterocycles. The molecule has 22 heavy (non-hydrogen) atoms. The van der Waals surface area contributed by atoms with Crippen LogP contribution in [0, 0.1) is 0 Å². The maximum atomic E-state index is 4.12. The molecule has 1 aromatic carbocycles. The van der Waals surface area contributed by atoms with E-state index in [2.05, 4.69) is 65.0 Å². The van der Waals surface area contributed by atoms with Gasteiger partial charge in [-0.15, -0.1) is 0 Å². The number of halogens is 1. The van der Waals surface area contributed by atoms with Crippen molar-refractivity contribution in [2.24, 2.45) is 0 Å². The van der Waals surface area contributed by atoms with Gasteiger partial charge in [-0.2, -0.15) is 0 Å². The molecule has 0 aliphatic carbocycles. The zero-order valence-electron chi connectivity index (χ0n) is 12.4. The summed E-state index contributed by atoms with van der Waals surface area (Å²) in [7, 11) is 0. The monoisotopic (exact) mass is 351 g/mol. The summed E-state index contributed by atoms with van der Waals surface area (Å²) in [6.45, 7) is 15.9. The van der Waals surface area contributed by atoms with Crippen molar-refractivity contribution >= 4 is 32.5 Å². The van der Waals surface area contributed by atoms with Crippen LogP contribution >= 0.6 is 15.9 Å². The van der Waals surface area contributed by atoms with Crippen LogP contribution in [0.5, 0.6) is 0 Å². The van der Waals surface area contributed by atoms with Gasteiger partial charge in [-0.05, 0) is 40.8 Å². The summed E-state index contributed by atoms with van der Waals surface area (Å²) in [6.07, 6.45) is 9.59. The summed E-state index contributed by atoms with van der Waals surface area (Å²) in [5.74, 6) is 0. The van der Waals surface area contributed by atoms with Crippen LogP contribution < -0.4 is 0 Å². The van der Waals surface area contributed by atoms with Crippen LogP contribution in [-0.4, -0.2) is 4.57 Å². The number of nitrogens with zero attached hydrogens (tertiary/aromatic N) is 1. The molecule has 1 aromatic heterocycles. The van der Waals surface area contributed by atoms with Crippen molar-refractivity contribution in [1.82, 2.24) is 4.57 Å². The third kappa shape index (κ3) is 3.86. The number of rotatable bonds is 6. The van der Waals surface area contributed by atoms with E-state index in [1.165, 1.54) is 5.39 Å². The standard InChI is InChI=1S/C20H18BrN/c1-15(9-11-17(3)21)16(2)10-12-18(4)22-14-13-19-7-5-6-8-20(19)22/h5-14H,1-4H2/b11-9-,12-10-. The van der Waals surface area contributed by atoms with Crippen molar-refractivity contribution in [3.05, 3.63) is 103 Å². The van der Waals surface area contributed by atoms with Gasteiger partial charge in [0, 0.05) is 16.4 Å². The molecular formula is C20H18BrN. The SMILES string of the molecule is C=C(Br)/C=C\C(=C)C(=C)/C=C\C(=C)n1ccc2ccccc21. The number of para-hydroxylation sites is 1. The van der Waals surface area contributed by atoms with E-state index in [-0.39, 0.29) is 0 Å². The zero-order valence-corrected chi connectivity index (χ0v) is 14.0. The highest BCUT2D eigenvalue weighted by atomic mass is 79.9. The molecule has 2 rings (SSSR count). The van der Waals surface area contributed by atoms with Crippen LogP contribution in [0.1, 0.15) is 0 Å². The Morgan fingerprint density at radius 3 is 2.18 bits per heavy atom. The Kier molecular flexibility index (Phi) is 5.18. The maximum Gasteiger partial charge on any atom is 0.0528 e. The molecule has 0 fully saturated rings. The van der Waals surface area contributed by atoms with Crippen LogP contribution in [0.2, 0.25) is 0 Å². The quantitative estimate of drug-likeness (QED) is 0.542. The number of benzene rings is 1. The van der Waals surface area contributed by atoms with Crippen LogP contribution in [0.25, 0.3) is 16.6 Å². The predicted octanol–water partition coefficient (Wildman–Crippen LogP) is 6.25. The minimum atomic E-state index is 0.800. The van der Waals surface area contributed by atoms with Crippen LogP contribution in [-0.2, 0) is 0 Å². The normalized spacial score (nSPS) is 11.3. The largest absolute Gasteiger partial charge is 0.317 e. The topological polar surface area (TPSA) is 4.93 Å². The van der Waals surface area contributed by atoms with Crippen molar-refractivity contribution in [2.75, 3.05) is 0 Å². The first kappa shape index (κ1) is 16.1. The van der Waals surface area contributed by atoms with Gasteiger partial charge in [-0.1, -0.05) is 72.6 Å². The van der Waals surface area contributed by atoms with Crippen molar-refractivity contribution in [2.45, 2.75) is 0 Å². The Morgan fingerprint density at radius 1 is 0.864 bits per heavy atom. The second-order valence-electron chi connectivity index (χ2n) is 4.90. The lowest BCUT2D eigenvalue weighted by atomic mass is 10.1. The lowest BCUT2D eigenvalue weighted by Gasteiger charge is -2.05. The molecule has 0 radical (unpaired) electrons. The smallest absolute Gasteiger partial charge is 0.0528 e. The molecule has 0 aliphatic heterocycles. The Balaban J connectivity index is 2.13. The number of hydrogen-bond acceptors (Lipinski definition) is 0. The summed E-state index contributed by atoms with van der Waals surface area (Å²) in [6, 6.07) is 10.3. The minimum Gasteiger partial charge on any atom is -0.317 e. The molecule has 1 nitrogen and oxygen atoms in total. The Labute approximate surface area is 140 Å². The molecule has 0 N–H and O–H groups in total. The van der Waals surface area contributed by atoms with E-state index in [1.54, 1.807) is 0 Å². The highest BCUT2D eigenvalue weighted by Gasteiger charge is 2.01. The van der Waals surface area contributed by atoms with E-state index in [9.17, 15) is 0 Å². The van der Waals surface area contributed by atoms with Gasteiger partial charge in [0.25, 0.3) is 0 Å².